The molecule has 0 aromatic carbocycles. The second-order valence-corrected chi connectivity index (χ2v) is 2.75. The van der Waals surface area contributed by atoms with Gasteiger partial charge in [0.2, 0.25) is 0 Å². The third-order valence-electron chi connectivity index (χ3n) is 1.25. The van der Waals surface area contributed by atoms with Crippen molar-refractivity contribution in [3.63, 3.8) is 0 Å². The Kier molecular flexibility index (Phi) is 7.47. The summed E-state index contributed by atoms with van der Waals surface area (Å²) in [5.74, 6) is 0. The van der Waals surface area contributed by atoms with Crippen LogP contribution in [0.3, 0.4) is 0 Å². The van der Waals surface area contributed by atoms with Gasteiger partial charge in [-0.2, -0.15) is 0 Å². The predicted octanol–water partition coefficient (Wildman–Crippen LogP) is 3.10. The zero-order valence-electron chi connectivity index (χ0n) is 7.30. The van der Waals surface area contributed by atoms with E-state index in [2.05, 4.69) is 13.0 Å². The van der Waals surface area contributed by atoms with Gasteiger partial charge in [-0.3, -0.25) is 0 Å². The third kappa shape index (κ3) is 7.53. The molecule has 0 rings (SSSR count). The smallest absolute Gasteiger partial charge is 0.159 e. The van der Waals surface area contributed by atoms with Crippen LogP contribution in [-0.2, 0) is 4.74 Å². The lowest BCUT2D eigenvalue weighted by Gasteiger charge is -1.99. The van der Waals surface area contributed by atoms with E-state index in [1.54, 1.807) is 0 Å². The molecule has 0 atom stereocenters. The highest BCUT2D eigenvalue weighted by Gasteiger charge is 1.87. The van der Waals surface area contributed by atoms with Crippen molar-refractivity contribution in [1.29, 1.82) is 0 Å². The quantitative estimate of drug-likeness (QED) is 0.465. The van der Waals surface area contributed by atoms with Crippen LogP contribution in [0.25, 0.3) is 0 Å². The number of thiocarbonyl (C=S) groups is 1. The Morgan fingerprint density at radius 1 is 1.36 bits per heavy atom. The first-order valence-corrected chi connectivity index (χ1v) is 4.52. The number of ether oxygens (including phenoxy) is 1. The minimum Gasteiger partial charge on any atom is -0.483 e. The molecule has 0 saturated carbocycles. The van der Waals surface area contributed by atoms with E-state index in [4.69, 9.17) is 17.0 Å². The molecule has 0 aromatic rings. The van der Waals surface area contributed by atoms with E-state index in [9.17, 15) is 0 Å². The molecular weight excluding hydrogens is 156 g/mol. The van der Waals surface area contributed by atoms with Crippen LogP contribution in [0, 0.1) is 0 Å². The minimum absolute atomic E-state index is 0.632. The van der Waals surface area contributed by atoms with Crippen molar-refractivity contribution in [3.8, 4) is 0 Å². The first-order chi connectivity index (χ1) is 5.31. The molecule has 0 aliphatic carbocycles. The summed E-state index contributed by atoms with van der Waals surface area (Å²) in [6.07, 6.45) is 7.29. The molecule has 0 unspecified atom stereocenters. The molecule has 0 saturated heterocycles. The fraction of sp³-hybridized carbons (Fsp3) is 0.667. The second-order valence-electron chi connectivity index (χ2n) is 2.30. The van der Waals surface area contributed by atoms with Gasteiger partial charge in [-0.25, -0.2) is 0 Å². The Morgan fingerprint density at radius 2 is 2.09 bits per heavy atom. The van der Waals surface area contributed by atoms with Crippen LogP contribution >= 0.6 is 12.2 Å². The molecule has 0 heterocycles. The molecule has 0 fully saturated rings. The van der Waals surface area contributed by atoms with Gasteiger partial charge >= 0.3 is 0 Å². The molecule has 0 bridgehead atoms. The molecule has 0 spiro atoms. The number of allylic oxidation sites excluding steroid dienone is 1. The molecule has 0 aliphatic rings. The largest absolute Gasteiger partial charge is 0.483 e. The van der Waals surface area contributed by atoms with Crippen molar-refractivity contribution in [2.45, 2.75) is 33.1 Å². The summed E-state index contributed by atoms with van der Waals surface area (Å²) in [6, 6.07) is 0. The zero-order chi connectivity index (χ0) is 8.53. The molecule has 0 radical (unpaired) electrons. The van der Waals surface area contributed by atoms with Crippen molar-refractivity contribution in [1.82, 2.24) is 0 Å². The lowest BCUT2D eigenvalue weighted by atomic mass is 10.3. The number of hydrogen-bond acceptors (Lipinski definition) is 2. The summed E-state index contributed by atoms with van der Waals surface area (Å²) in [6.45, 7) is 4.78. The SMILES string of the molecule is CCCC=CCOC(=S)CC. The van der Waals surface area contributed by atoms with Gasteiger partial charge in [0, 0.05) is 6.42 Å². The van der Waals surface area contributed by atoms with Crippen LogP contribution in [0.5, 0.6) is 0 Å². The van der Waals surface area contributed by atoms with Crippen LogP contribution in [0.15, 0.2) is 12.2 Å². The average molecular weight is 172 g/mol. The summed E-state index contributed by atoms with van der Waals surface area (Å²) in [5.41, 5.74) is 0. The van der Waals surface area contributed by atoms with Gasteiger partial charge in [-0.05, 0) is 18.6 Å². The zero-order valence-corrected chi connectivity index (χ0v) is 8.12. The predicted molar refractivity (Wildman–Crippen MR) is 52.9 cm³/mol. The van der Waals surface area contributed by atoms with Gasteiger partial charge in [0.15, 0.2) is 5.05 Å². The van der Waals surface area contributed by atoms with Gasteiger partial charge in [0.25, 0.3) is 0 Å². The topological polar surface area (TPSA) is 9.23 Å². The van der Waals surface area contributed by atoms with E-state index < -0.39 is 0 Å². The van der Waals surface area contributed by atoms with E-state index in [0.717, 1.165) is 12.8 Å². The number of unbranched alkanes of at least 4 members (excludes halogenated alkanes) is 1. The maximum absolute atomic E-state index is 5.18. The normalized spacial score (nSPS) is 10.4. The van der Waals surface area contributed by atoms with Crippen LogP contribution in [0.2, 0.25) is 0 Å². The maximum atomic E-state index is 5.18. The van der Waals surface area contributed by atoms with E-state index >= 15 is 0 Å². The molecular formula is C9H16OS. The summed E-state index contributed by atoms with van der Waals surface area (Å²) in [5, 5.41) is 0.700. The lowest BCUT2D eigenvalue weighted by molar-refractivity contribution is 0.351. The van der Waals surface area contributed by atoms with E-state index in [1.165, 1.54) is 6.42 Å². The van der Waals surface area contributed by atoms with E-state index in [-0.39, 0.29) is 0 Å². The van der Waals surface area contributed by atoms with Crippen LogP contribution in [0.4, 0.5) is 0 Å². The van der Waals surface area contributed by atoms with Crippen LogP contribution in [-0.4, -0.2) is 11.7 Å². The van der Waals surface area contributed by atoms with Crippen molar-refractivity contribution >= 4 is 17.3 Å². The van der Waals surface area contributed by atoms with Crippen LogP contribution in [0.1, 0.15) is 33.1 Å². The summed E-state index contributed by atoms with van der Waals surface area (Å²) >= 11 is 4.88. The van der Waals surface area contributed by atoms with Crippen molar-refractivity contribution < 1.29 is 4.74 Å². The molecule has 2 heteroatoms. The first-order valence-electron chi connectivity index (χ1n) is 4.11. The monoisotopic (exact) mass is 172 g/mol. The highest BCUT2D eigenvalue weighted by atomic mass is 32.1. The van der Waals surface area contributed by atoms with E-state index in [0.29, 0.717) is 11.7 Å². The van der Waals surface area contributed by atoms with Crippen LogP contribution < -0.4 is 0 Å². The van der Waals surface area contributed by atoms with Gasteiger partial charge < -0.3 is 4.74 Å². The van der Waals surface area contributed by atoms with Gasteiger partial charge in [-0.15, -0.1) is 0 Å². The highest BCUT2D eigenvalue weighted by molar-refractivity contribution is 7.80. The van der Waals surface area contributed by atoms with Gasteiger partial charge in [0.05, 0.1) is 0 Å². The minimum atomic E-state index is 0.632. The molecule has 0 aliphatic heterocycles. The Bertz CT molecular complexity index is 130. The first kappa shape index (κ1) is 10.6. The molecule has 1 nitrogen and oxygen atoms in total. The Hall–Kier alpha value is -0.370. The van der Waals surface area contributed by atoms with Gasteiger partial charge in [-0.1, -0.05) is 32.4 Å². The van der Waals surface area contributed by atoms with Crippen molar-refractivity contribution in [2.75, 3.05) is 6.61 Å². The van der Waals surface area contributed by atoms with E-state index in [1.807, 2.05) is 13.0 Å². The van der Waals surface area contributed by atoms with Gasteiger partial charge in [0.1, 0.15) is 6.61 Å². The third-order valence-corrected chi connectivity index (χ3v) is 1.66. The highest BCUT2D eigenvalue weighted by Crippen LogP contribution is 1.91. The fourth-order valence-corrected chi connectivity index (χ4v) is 0.664. The fourth-order valence-electron chi connectivity index (χ4n) is 0.596. The van der Waals surface area contributed by atoms with Crippen molar-refractivity contribution in [3.05, 3.63) is 12.2 Å². The standard InChI is InChI=1S/C9H16OS/c1-3-5-6-7-8-10-9(11)4-2/h6-7H,3-5,8H2,1-2H3. The average Bonchev–Trinajstić information content (AvgIpc) is 2.04. The summed E-state index contributed by atoms with van der Waals surface area (Å²) < 4.78 is 5.18. The molecule has 0 amide bonds. The second kappa shape index (κ2) is 7.73. The maximum Gasteiger partial charge on any atom is 0.159 e. The molecule has 0 aromatic heterocycles. The molecule has 11 heavy (non-hydrogen) atoms. The molecule has 0 N–H and O–H groups in total. The summed E-state index contributed by atoms with van der Waals surface area (Å²) in [7, 11) is 0. The Balaban J connectivity index is 3.19. The number of rotatable bonds is 5. The Morgan fingerprint density at radius 3 is 2.64 bits per heavy atom. The Labute approximate surface area is 74.4 Å². The van der Waals surface area contributed by atoms with Crippen molar-refractivity contribution in [2.24, 2.45) is 0 Å². The number of hydrogen-bond donors (Lipinski definition) is 0. The summed E-state index contributed by atoms with van der Waals surface area (Å²) in [4.78, 5) is 0. The molecule has 64 valence electrons. The lowest BCUT2D eigenvalue weighted by Crippen LogP contribution is -1.98.